The fourth-order valence-electron chi connectivity index (χ4n) is 2.90. The summed E-state index contributed by atoms with van der Waals surface area (Å²) in [6.45, 7) is 11.4. The van der Waals surface area contributed by atoms with Crippen LogP contribution in [0.4, 0.5) is 0 Å². The van der Waals surface area contributed by atoms with E-state index in [-0.39, 0.29) is 12.0 Å². The molecule has 0 aromatic heterocycles. The van der Waals surface area contributed by atoms with Crippen molar-refractivity contribution in [1.82, 2.24) is 10.2 Å². The molecule has 1 N–H and O–H groups in total. The van der Waals surface area contributed by atoms with Gasteiger partial charge < -0.3 is 9.64 Å². The molecule has 4 heteroatoms. The number of esters is 1. The molecule has 20 heavy (non-hydrogen) atoms. The summed E-state index contributed by atoms with van der Waals surface area (Å²) in [6, 6.07) is 0.265. The van der Waals surface area contributed by atoms with Gasteiger partial charge in [0, 0.05) is 19.1 Å². The molecule has 0 bridgehead atoms. The highest BCUT2D eigenvalue weighted by Crippen LogP contribution is 2.27. The lowest BCUT2D eigenvalue weighted by Crippen LogP contribution is -2.54. The van der Waals surface area contributed by atoms with E-state index < -0.39 is 5.54 Å². The van der Waals surface area contributed by atoms with Crippen LogP contribution in [0.3, 0.4) is 0 Å². The lowest BCUT2D eigenvalue weighted by Gasteiger charge is -2.35. The Bertz CT molecular complexity index is 303. The summed E-state index contributed by atoms with van der Waals surface area (Å²) < 4.78 is 4.98. The molecule has 0 heterocycles. The molecule has 1 fully saturated rings. The first-order chi connectivity index (χ1) is 9.41. The molecule has 1 saturated carbocycles. The van der Waals surface area contributed by atoms with E-state index in [0.29, 0.717) is 0 Å². The highest BCUT2D eigenvalue weighted by Gasteiger charge is 2.35. The van der Waals surface area contributed by atoms with Crippen molar-refractivity contribution in [3.8, 4) is 0 Å². The summed E-state index contributed by atoms with van der Waals surface area (Å²) in [7, 11) is 1.47. The van der Waals surface area contributed by atoms with Crippen molar-refractivity contribution >= 4 is 5.97 Å². The predicted octanol–water partition coefficient (Wildman–Crippen LogP) is 2.43. The van der Waals surface area contributed by atoms with E-state index in [1.54, 1.807) is 0 Å². The molecule has 0 radical (unpaired) electrons. The zero-order chi connectivity index (χ0) is 15.2. The predicted molar refractivity (Wildman–Crippen MR) is 82.8 cm³/mol. The number of nitrogens with zero attached hydrogens (tertiary/aromatic N) is 1. The number of nitrogens with one attached hydrogen (secondary N) is 1. The van der Waals surface area contributed by atoms with Crippen LogP contribution in [0.15, 0.2) is 0 Å². The largest absolute Gasteiger partial charge is 0.468 e. The van der Waals surface area contributed by atoms with Crippen molar-refractivity contribution in [2.45, 2.75) is 65.0 Å². The maximum atomic E-state index is 12.1. The van der Waals surface area contributed by atoms with E-state index in [2.05, 4.69) is 31.0 Å². The molecule has 1 aliphatic carbocycles. The summed E-state index contributed by atoms with van der Waals surface area (Å²) in [5, 5.41) is 3.37. The molecule has 0 saturated heterocycles. The van der Waals surface area contributed by atoms with Crippen molar-refractivity contribution in [3.05, 3.63) is 0 Å². The van der Waals surface area contributed by atoms with E-state index in [1.165, 1.54) is 32.9 Å². The molecule has 4 nitrogen and oxygen atoms in total. The molecule has 1 unspecified atom stereocenters. The van der Waals surface area contributed by atoms with Gasteiger partial charge in [-0.15, -0.1) is 0 Å². The summed E-state index contributed by atoms with van der Waals surface area (Å²) >= 11 is 0. The van der Waals surface area contributed by atoms with Crippen molar-refractivity contribution in [2.75, 3.05) is 26.7 Å². The molecule has 0 aliphatic heterocycles. The Hall–Kier alpha value is -0.610. The van der Waals surface area contributed by atoms with Crippen LogP contribution >= 0.6 is 0 Å². The fourth-order valence-corrected chi connectivity index (χ4v) is 2.90. The first-order valence-corrected chi connectivity index (χ1v) is 7.99. The van der Waals surface area contributed by atoms with Crippen molar-refractivity contribution in [3.63, 3.8) is 0 Å². The number of ether oxygens (including phenoxy) is 1. The molecule has 0 aromatic carbocycles. The van der Waals surface area contributed by atoms with Crippen LogP contribution in [0, 0.1) is 5.92 Å². The van der Waals surface area contributed by atoms with Gasteiger partial charge in [-0.1, -0.05) is 13.3 Å². The third-order valence-electron chi connectivity index (χ3n) is 4.36. The Morgan fingerprint density at radius 2 is 2.10 bits per heavy atom. The highest BCUT2D eigenvalue weighted by molar-refractivity contribution is 5.80. The van der Waals surface area contributed by atoms with Gasteiger partial charge in [0.15, 0.2) is 0 Å². The average Bonchev–Trinajstić information content (AvgIpc) is 2.35. The standard InChI is InChI=1S/C16H32N2O2/c1-6-18(12-14-8-7-9-14)11-10-16(4,15(19)20-5)17-13(2)3/h13-14,17H,6-12H2,1-5H3. The summed E-state index contributed by atoms with van der Waals surface area (Å²) in [4.78, 5) is 14.5. The quantitative estimate of drug-likeness (QED) is 0.660. The summed E-state index contributed by atoms with van der Waals surface area (Å²) in [5.41, 5.74) is -0.587. The maximum absolute atomic E-state index is 12.1. The lowest BCUT2D eigenvalue weighted by atomic mass is 9.85. The zero-order valence-corrected chi connectivity index (χ0v) is 13.9. The summed E-state index contributed by atoms with van der Waals surface area (Å²) in [5.74, 6) is 0.711. The number of hydrogen-bond acceptors (Lipinski definition) is 4. The Balaban J connectivity index is 2.52. The summed E-state index contributed by atoms with van der Waals surface area (Å²) in [6.07, 6.45) is 4.92. The van der Waals surface area contributed by atoms with Crippen LogP contribution in [0.25, 0.3) is 0 Å². The highest BCUT2D eigenvalue weighted by atomic mass is 16.5. The van der Waals surface area contributed by atoms with E-state index in [1.807, 2.05) is 6.92 Å². The normalized spacial score (nSPS) is 18.9. The van der Waals surface area contributed by atoms with Gasteiger partial charge in [0.2, 0.25) is 0 Å². The van der Waals surface area contributed by atoms with Crippen LogP contribution in [0.5, 0.6) is 0 Å². The minimum atomic E-state index is -0.587. The maximum Gasteiger partial charge on any atom is 0.325 e. The van der Waals surface area contributed by atoms with Crippen LogP contribution in [-0.2, 0) is 9.53 Å². The van der Waals surface area contributed by atoms with Gasteiger partial charge in [-0.3, -0.25) is 10.1 Å². The number of methoxy groups -OCH3 is 1. The van der Waals surface area contributed by atoms with Gasteiger partial charge in [0.1, 0.15) is 5.54 Å². The van der Waals surface area contributed by atoms with E-state index in [0.717, 1.165) is 25.4 Å². The van der Waals surface area contributed by atoms with Crippen LogP contribution < -0.4 is 5.32 Å². The Kier molecular flexibility index (Phi) is 6.96. The minimum absolute atomic E-state index is 0.161. The second-order valence-corrected chi connectivity index (χ2v) is 6.56. The molecule has 1 atom stereocenters. The van der Waals surface area contributed by atoms with E-state index >= 15 is 0 Å². The smallest absolute Gasteiger partial charge is 0.325 e. The second kappa shape index (κ2) is 7.99. The minimum Gasteiger partial charge on any atom is -0.468 e. The van der Waals surface area contributed by atoms with Crippen molar-refractivity contribution < 1.29 is 9.53 Å². The Labute approximate surface area is 124 Å². The van der Waals surface area contributed by atoms with Gasteiger partial charge in [-0.2, -0.15) is 0 Å². The molecule has 1 aliphatic rings. The van der Waals surface area contributed by atoms with Gasteiger partial charge in [0.05, 0.1) is 7.11 Å². The number of rotatable bonds is 9. The van der Waals surface area contributed by atoms with Gasteiger partial charge in [-0.25, -0.2) is 0 Å². The van der Waals surface area contributed by atoms with E-state index in [4.69, 9.17) is 4.74 Å². The molecular weight excluding hydrogens is 252 g/mol. The van der Waals surface area contributed by atoms with Crippen molar-refractivity contribution in [2.24, 2.45) is 5.92 Å². The van der Waals surface area contributed by atoms with E-state index in [9.17, 15) is 4.79 Å². The first-order valence-electron chi connectivity index (χ1n) is 7.99. The molecule has 0 amide bonds. The third kappa shape index (κ3) is 5.06. The topological polar surface area (TPSA) is 41.6 Å². The Morgan fingerprint density at radius 3 is 2.50 bits per heavy atom. The van der Waals surface area contributed by atoms with Crippen LogP contribution in [0.1, 0.15) is 53.4 Å². The number of carbonyl (C=O) groups excluding carboxylic acids is 1. The molecule has 1 rings (SSSR count). The lowest BCUT2D eigenvalue weighted by molar-refractivity contribution is -0.148. The van der Waals surface area contributed by atoms with Crippen LogP contribution in [-0.4, -0.2) is 49.2 Å². The van der Waals surface area contributed by atoms with Gasteiger partial charge in [-0.05, 0) is 52.5 Å². The third-order valence-corrected chi connectivity index (χ3v) is 4.36. The van der Waals surface area contributed by atoms with Gasteiger partial charge >= 0.3 is 5.97 Å². The van der Waals surface area contributed by atoms with Gasteiger partial charge in [0.25, 0.3) is 0 Å². The average molecular weight is 284 g/mol. The SMILES string of the molecule is CCN(CCC(C)(NC(C)C)C(=O)OC)CC1CCC1. The monoisotopic (exact) mass is 284 g/mol. The second-order valence-electron chi connectivity index (χ2n) is 6.56. The zero-order valence-electron chi connectivity index (χ0n) is 13.9. The first kappa shape index (κ1) is 17.4. The fraction of sp³-hybridized carbons (Fsp3) is 0.938. The number of hydrogen-bond donors (Lipinski definition) is 1. The molecule has 0 aromatic rings. The van der Waals surface area contributed by atoms with Crippen LogP contribution in [0.2, 0.25) is 0 Å². The molecule has 118 valence electrons. The Morgan fingerprint density at radius 1 is 1.45 bits per heavy atom. The molecule has 0 spiro atoms. The number of carbonyl (C=O) groups is 1. The molecular formula is C16H32N2O2. The van der Waals surface area contributed by atoms with Crippen molar-refractivity contribution in [1.29, 1.82) is 0 Å².